The number of carbonyl (C=O) groups is 1. The van der Waals surface area contributed by atoms with Crippen LogP contribution in [0.5, 0.6) is 0 Å². The van der Waals surface area contributed by atoms with Crippen LogP contribution < -0.4 is 0 Å². The van der Waals surface area contributed by atoms with E-state index >= 15 is 0 Å². The molecule has 9 nitrogen and oxygen atoms in total. The van der Waals surface area contributed by atoms with Gasteiger partial charge in [0.05, 0.1) is 30.9 Å². The Morgan fingerprint density at radius 2 is 1.44 bits per heavy atom. The molecular weight excluding hydrogens is 805 g/mol. The van der Waals surface area contributed by atoms with E-state index in [1.807, 2.05) is 21.5 Å². The van der Waals surface area contributed by atoms with Gasteiger partial charge in [-0.25, -0.2) is 4.68 Å². The number of unbranched alkanes of at least 4 members (excludes halogenated alkanes) is 8. The topological polar surface area (TPSA) is 94.6 Å². The Labute approximate surface area is 385 Å². The van der Waals surface area contributed by atoms with E-state index in [0.717, 1.165) is 78.9 Å². The minimum atomic E-state index is -0.0626. The zero-order valence-electron chi connectivity index (χ0n) is 39.4. The van der Waals surface area contributed by atoms with Crippen molar-refractivity contribution in [1.29, 1.82) is 0 Å². The molecule has 3 aliphatic rings. The van der Waals surface area contributed by atoms with Crippen LogP contribution in [0.2, 0.25) is 0 Å². The van der Waals surface area contributed by atoms with Gasteiger partial charge in [0.15, 0.2) is 5.82 Å². The van der Waals surface area contributed by atoms with Gasteiger partial charge in [0.1, 0.15) is 5.69 Å². The lowest BCUT2D eigenvalue weighted by Gasteiger charge is -2.35. The van der Waals surface area contributed by atoms with Gasteiger partial charge in [-0.1, -0.05) is 173 Å². The second-order valence-electron chi connectivity index (χ2n) is 19.6. The number of thioether (sulfide) groups is 2. The van der Waals surface area contributed by atoms with Gasteiger partial charge in [-0.2, -0.15) is 28.3 Å². The van der Waals surface area contributed by atoms with E-state index in [0.29, 0.717) is 12.4 Å². The monoisotopic (exact) mass is 889 g/mol. The quantitative estimate of drug-likeness (QED) is 0.139. The molecule has 1 aromatic carbocycles. The Morgan fingerprint density at radius 1 is 0.726 bits per heavy atom. The van der Waals surface area contributed by atoms with Crippen LogP contribution in [0, 0.1) is 11.8 Å². The van der Waals surface area contributed by atoms with Crippen molar-refractivity contribution in [3.05, 3.63) is 52.6 Å². The molecule has 2 aromatic heterocycles. The number of fused-ring (bicyclic) bond motifs is 5. The minimum Gasteiger partial charge on any atom is -0.325 e. The molecule has 346 valence electrons. The first kappa shape index (κ1) is 49.0. The predicted octanol–water partition coefficient (Wildman–Crippen LogP) is 14.1. The fraction of sp³-hybridized carbons (Fsp3) is 0.804. The number of hydrogen-bond donors (Lipinski definition) is 0. The highest BCUT2D eigenvalue weighted by atomic mass is 32.2. The number of amides is 1. The lowest BCUT2D eigenvalue weighted by atomic mass is 9.76. The van der Waals surface area contributed by atoms with E-state index in [4.69, 9.17) is 25.7 Å². The maximum Gasteiger partial charge on any atom is 0.254 e. The lowest BCUT2D eigenvalue weighted by molar-refractivity contribution is 0.0722. The number of hydrogen-bond acceptors (Lipinski definition) is 8. The average molecular weight is 889 g/mol. The number of aromatic nitrogens is 7. The molecule has 8 bridgehead atoms. The summed E-state index contributed by atoms with van der Waals surface area (Å²) in [6.07, 6.45) is 41.7. The van der Waals surface area contributed by atoms with Gasteiger partial charge in [0.25, 0.3) is 5.91 Å². The summed E-state index contributed by atoms with van der Waals surface area (Å²) in [5, 5.41) is 24.4. The van der Waals surface area contributed by atoms with E-state index in [-0.39, 0.29) is 24.0 Å². The van der Waals surface area contributed by atoms with Crippen molar-refractivity contribution in [2.45, 2.75) is 236 Å². The first-order chi connectivity index (χ1) is 30.5. The highest BCUT2D eigenvalue weighted by molar-refractivity contribution is 7.98. The molecule has 1 saturated carbocycles. The van der Waals surface area contributed by atoms with Crippen molar-refractivity contribution in [2.24, 2.45) is 11.8 Å². The van der Waals surface area contributed by atoms with E-state index in [9.17, 15) is 4.79 Å². The molecule has 0 radical (unpaired) electrons. The summed E-state index contributed by atoms with van der Waals surface area (Å²) in [7, 11) is 0. The zero-order chi connectivity index (χ0) is 43.2. The third-order valence-corrected chi connectivity index (χ3v) is 16.3. The van der Waals surface area contributed by atoms with Gasteiger partial charge in [-0.05, 0) is 90.8 Å². The summed E-state index contributed by atoms with van der Waals surface area (Å²) in [6, 6.07) is 6.76. The van der Waals surface area contributed by atoms with Crippen LogP contribution in [0.3, 0.4) is 0 Å². The molecule has 4 heterocycles. The van der Waals surface area contributed by atoms with Crippen molar-refractivity contribution in [2.75, 3.05) is 12.0 Å². The molecule has 0 spiro atoms. The van der Waals surface area contributed by atoms with Gasteiger partial charge in [0, 0.05) is 17.1 Å². The first-order valence-corrected chi connectivity index (χ1v) is 28.2. The number of rotatable bonds is 15. The third kappa shape index (κ3) is 15.4. The maximum absolute atomic E-state index is 14.8. The smallest absolute Gasteiger partial charge is 0.254 e. The van der Waals surface area contributed by atoms with Gasteiger partial charge in [-0.15, -0.1) is 15.3 Å². The highest BCUT2D eigenvalue weighted by Gasteiger charge is 2.34. The van der Waals surface area contributed by atoms with Gasteiger partial charge in [-0.3, -0.25) is 4.79 Å². The molecule has 3 atom stereocenters. The van der Waals surface area contributed by atoms with Crippen molar-refractivity contribution in [3.8, 4) is 0 Å². The molecule has 3 aromatic rings. The molecule has 0 saturated heterocycles. The second-order valence-corrected chi connectivity index (χ2v) is 21.6. The van der Waals surface area contributed by atoms with Crippen molar-refractivity contribution in [3.63, 3.8) is 0 Å². The molecule has 1 amide bonds. The van der Waals surface area contributed by atoms with Crippen LogP contribution >= 0.6 is 23.5 Å². The van der Waals surface area contributed by atoms with Crippen LogP contribution in [0.15, 0.2) is 24.4 Å². The van der Waals surface area contributed by atoms with E-state index in [1.165, 1.54) is 159 Å². The summed E-state index contributed by atoms with van der Waals surface area (Å²) in [6.45, 7) is 5.29. The lowest BCUT2D eigenvalue weighted by Crippen LogP contribution is -2.35. The van der Waals surface area contributed by atoms with Gasteiger partial charge >= 0.3 is 0 Å². The number of nitrogens with zero attached hydrogens (tertiary/aromatic N) is 8. The van der Waals surface area contributed by atoms with Crippen LogP contribution in [0.25, 0.3) is 0 Å². The van der Waals surface area contributed by atoms with Crippen molar-refractivity contribution in [1.82, 2.24) is 40.1 Å². The van der Waals surface area contributed by atoms with Gasteiger partial charge in [0.2, 0.25) is 0 Å². The SMILES string of the molecule is CCCCCCCCCCC[C@H]1CCCC(C2CCCCCCCC2)CCCC2(CCC)CCCCSCc3cc(CSC)cc(c3)C(=O)N(Cc3cn2nn3)Cc2nnn1n2. The summed E-state index contributed by atoms with van der Waals surface area (Å²) in [5.41, 5.74) is 3.94. The van der Waals surface area contributed by atoms with Crippen LogP contribution in [0.4, 0.5) is 0 Å². The van der Waals surface area contributed by atoms with Crippen LogP contribution in [0.1, 0.15) is 239 Å². The first-order valence-electron chi connectivity index (χ1n) is 25.7. The molecular formula is C51H84N8OS2. The summed E-state index contributed by atoms with van der Waals surface area (Å²) in [5.74, 6) is 5.12. The molecule has 1 fully saturated rings. The van der Waals surface area contributed by atoms with E-state index in [1.54, 1.807) is 11.8 Å². The van der Waals surface area contributed by atoms with Crippen molar-refractivity contribution >= 4 is 29.4 Å². The molecule has 6 rings (SSSR count). The normalized spacial score (nSPS) is 23.2. The largest absolute Gasteiger partial charge is 0.325 e. The molecule has 11 heteroatoms. The Morgan fingerprint density at radius 3 is 2.19 bits per heavy atom. The highest BCUT2D eigenvalue weighted by Crippen LogP contribution is 2.40. The Bertz CT molecular complexity index is 1700. The Kier molecular flexibility index (Phi) is 21.5. The van der Waals surface area contributed by atoms with Gasteiger partial charge < -0.3 is 4.90 Å². The second kappa shape index (κ2) is 27.2. The van der Waals surface area contributed by atoms with Crippen LogP contribution in [-0.4, -0.2) is 58.0 Å². The summed E-state index contributed by atoms with van der Waals surface area (Å²) >= 11 is 3.81. The maximum atomic E-state index is 14.8. The molecule has 62 heavy (non-hydrogen) atoms. The summed E-state index contributed by atoms with van der Waals surface area (Å²) < 4.78 is 2.26. The van der Waals surface area contributed by atoms with E-state index < -0.39 is 0 Å². The summed E-state index contributed by atoms with van der Waals surface area (Å²) in [4.78, 5) is 18.6. The third-order valence-electron chi connectivity index (χ3n) is 14.6. The van der Waals surface area contributed by atoms with E-state index in [2.05, 4.69) is 49.2 Å². The van der Waals surface area contributed by atoms with Crippen LogP contribution in [-0.2, 0) is 30.1 Å². The Balaban J connectivity index is 1.32. The Hall–Kier alpha value is -2.40. The predicted molar refractivity (Wildman–Crippen MR) is 260 cm³/mol. The molecule has 2 unspecified atom stereocenters. The molecule has 1 aliphatic carbocycles. The average Bonchev–Trinajstić information content (AvgIpc) is 3.97. The molecule has 2 aliphatic heterocycles. The fourth-order valence-corrected chi connectivity index (χ4v) is 12.7. The number of tetrazole rings is 1. The number of benzene rings is 1. The minimum absolute atomic E-state index is 0.00590. The number of carbonyl (C=O) groups excluding carboxylic acids is 1. The fourth-order valence-electron chi connectivity index (χ4n) is 11.2. The van der Waals surface area contributed by atoms with Crippen molar-refractivity contribution < 1.29 is 4.79 Å². The zero-order valence-corrected chi connectivity index (χ0v) is 41.0. The molecule has 0 N–H and O–H groups in total. The standard InChI is InChI=1S/C51H84N8OS2/c1-4-6-7-8-9-10-11-16-19-28-48-29-22-26-45(44-24-17-14-12-13-15-18-25-44)27-23-32-51(30-5-2)31-20-21-33-62-41-43-34-42(40-61-3)35-46(36-43)50(60)57(37-47-38-58(51)55-52-47)39-49-53-56-59(48)54-49/h34-36,38,44-45,48H,4-33,37,39-41H2,1-3H3/t45?,48-,51?/m0/s1.